The minimum atomic E-state index is -1.10. The van der Waals surface area contributed by atoms with E-state index in [2.05, 4.69) is 4.98 Å². The molecule has 0 spiro atoms. The van der Waals surface area contributed by atoms with Gasteiger partial charge in [-0.05, 0) is 38.7 Å². The second kappa shape index (κ2) is 9.37. The Hall–Kier alpha value is -1.86. The number of fused-ring (bicyclic) bond motifs is 1. The molecule has 0 bridgehead atoms. The summed E-state index contributed by atoms with van der Waals surface area (Å²) in [5, 5.41) is 0.307. The van der Waals surface area contributed by atoms with E-state index in [9.17, 15) is 14.4 Å². The molecule has 1 aromatic rings. The molecule has 1 aliphatic heterocycles. The molecule has 0 aromatic carbocycles. The Balaban J connectivity index is 2.44. The summed E-state index contributed by atoms with van der Waals surface area (Å²) in [6.45, 7) is 3.62. The Morgan fingerprint density at radius 2 is 1.85 bits per heavy atom. The number of amides is 1. The van der Waals surface area contributed by atoms with Crippen molar-refractivity contribution >= 4 is 46.7 Å². The first-order chi connectivity index (χ1) is 12.8. The van der Waals surface area contributed by atoms with E-state index in [1.54, 1.807) is 27.0 Å². The Kier molecular flexibility index (Phi) is 7.44. The molecule has 0 saturated carbocycles. The van der Waals surface area contributed by atoms with Crippen LogP contribution >= 0.6 is 23.2 Å². The first-order valence-corrected chi connectivity index (χ1v) is 9.51. The van der Waals surface area contributed by atoms with Crippen LogP contribution < -0.4 is 4.90 Å². The summed E-state index contributed by atoms with van der Waals surface area (Å²) < 4.78 is 10.1. The fourth-order valence-electron chi connectivity index (χ4n) is 3.18. The summed E-state index contributed by atoms with van der Waals surface area (Å²) in [5.41, 5.74) is 1.12. The summed E-state index contributed by atoms with van der Waals surface area (Å²) >= 11 is 12.3. The molecule has 9 heteroatoms. The highest BCUT2D eigenvalue weighted by atomic mass is 35.5. The van der Waals surface area contributed by atoms with Gasteiger partial charge in [0, 0.05) is 19.0 Å². The highest BCUT2D eigenvalue weighted by Crippen LogP contribution is 2.42. The normalized spacial score (nSPS) is 16.7. The minimum absolute atomic E-state index is 0.106. The van der Waals surface area contributed by atoms with Crippen LogP contribution in [-0.2, 0) is 23.9 Å². The second-order valence-corrected chi connectivity index (χ2v) is 6.89. The third-order valence-electron chi connectivity index (χ3n) is 4.47. The molecule has 148 valence electrons. The lowest BCUT2D eigenvalue weighted by molar-refractivity contribution is -0.162. The van der Waals surface area contributed by atoms with Crippen LogP contribution in [0.15, 0.2) is 6.07 Å². The molecule has 27 heavy (non-hydrogen) atoms. The van der Waals surface area contributed by atoms with Gasteiger partial charge in [0.1, 0.15) is 10.3 Å². The lowest BCUT2D eigenvalue weighted by Crippen LogP contribution is -2.30. The van der Waals surface area contributed by atoms with Crippen LogP contribution in [0.5, 0.6) is 0 Å². The molecular formula is C18H22Cl2N2O5. The van der Waals surface area contributed by atoms with Crippen molar-refractivity contribution in [3.8, 4) is 0 Å². The molecule has 0 N–H and O–H groups in total. The number of hydrogen-bond donors (Lipinski definition) is 0. The summed E-state index contributed by atoms with van der Waals surface area (Å²) in [6, 6.07) is 1.56. The average molecular weight is 417 g/mol. The van der Waals surface area contributed by atoms with Gasteiger partial charge in [-0.2, -0.15) is 0 Å². The third kappa shape index (κ3) is 4.90. The molecule has 0 fully saturated rings. The van der Waals surface area contributed by atoms with Crippen molar-refractivity contribution in [1.82, 2.24) is 4.98 Å². The molecule has 2 rings (SSSR count). The van der Waals surface area contributed by atoms with Crippen LogP contribution in [0.1, 0.15) is 44.6 Å². The van der Waals surface area contributed by atoms with Gasteiger partial charge in [0.2, 0.25) is 5.91 Å². The van der Waals surface area contributed by atoms with Gasteiger partial charge in [0.05, 0.1) is 18.9 Å². The zero-order chi connectivity index (χ0) is 20.1. The van der Waals surface area contributed by atoms with Crippen molar-refractivity contribution in [2.75, 3.05) is 25.2 Å². The predicted octanol–water partition coefficient (Wildman–Crippen LogP) is 3.36. The lowest BCUT2D eigenvalue weighted by Gasteiger charge is -2.23. The Labute approximate surface area is 167 Å². The predicted molar refractivity (Wildman–Crippen MR) is 101 cm³/mol. The monoisotopic (exact) mass is 416 g/mol. The quantitative estimate of drug-likeness (QED) is 0.401. The molecule has 1 atom stereocenters. The fraction of sp³-hybridized carbons (Fsp3) is 0.556. The van der Waals surface area contributed by atoms with Crippen LogP contribution in [-0.4, -0.2) is 43.1 Å². The van der Waals surface area contributed by atoms with Gasteiger partial charge in [-0.3, -0.25) is 14.4 Å². The highest BCUT2D eigenvalue weighted by Gasteiger charge is 2.37. The number of carbonyl (C=O) groups excluding carboxylic acids is 3. The molecular weight excluding hydrogens is 395 g/mol. The summed E-state index contributed by atoms with van der Waals surface area (Å²) in [4.78, 5) is 42.5. The number of rotatable bonds is 6. The largest absolute Gasteiger partial charge is 0.465 e. The van der Waals surface area contributed by atoms with E-state index in [0.717, 1.165) is 0 Å². The smallest absolute Gasteiger partial charge is 0.320 e. The van der Waals surface area contributed by atoms with E-state index < -0.39 is 17.9 Å². The first kappa shape index (κ1) is 21.4. The molecule has 0 aliphatic carbocycles. The Morgan fingerprint density at radius 1 is 1.26 bits per heavy atom. The van der Waals surface area contributed by atoms with Crippen LogP contribution in [0.2, 0.25) is 10.3 Å². The van der Waals surface area contributed by atoms with E-state index in [1.165, 1.54) is 4.90 Å². The number of carbonyl (C=O) groups is 3. The number of ether oxygens (including phenoxy) is 2. The Morgan fingerprint density at radius 3 is 2.41 bits per heavy atom. The molecule has 7 nitrogen and oxygen atoms in total. The van der Waals surface area contributed by atoms with Gasteiger partial charge >= 0.3 is 11.9 Å². The van der Waals surface area contributed by atoms with E-state index in [1.807, 2.05) is 0 Å². The molecule has 0 saturated heterocycles. The topological polar surface area (TPSA) is 85.8 Å². The number of halogens is 2. The van der Waals surface area contributed by atoms with Crippen molar-refractivity contribution < 1.29 is 23.9 Å². The zero-order valence-electron chi connectivity index (χ0n) is 15.5. The molecule has 1 aliphatic rings. The first-order valence-electron chi connectivity index (χ1n) is 8.75. The molecule has 1 unspecified atom stereocenters. The zero-order valence-corrected chi connectivity index (χ0v) is 17.0. The molecule has 0 radical (unpaired) electrons. The maximum absolute atomic E-state index is 12.3. The van der Waals surface area contributed by atoms with Crippen LogP contribution in [0.4, 0.5) is 5.69 Å². The van der Waals surface area contributed by atoms with Gasteiger partial charge in [0.15, 0.2) is 5.92 Å². The highest BCUT2D eigenvalue weighted by molar-refractivity contribution is 6.33. The van der Waals surface area contributed by atoms with E-state index >= 15 is 0 Å². The lowest BCUT2D eigenvalue weighted by atomic mass is 9.86. The number of pyridine rings is 1. The summed E-state index contributed by atoms with van der Waals surface area (Å²) in [6.07, 6.45) is 0.755. The van der Waals surface area contributed by atoms with Crippen molar-refractivity contribution in [2.24, 2.45) is 5.92 Å². The summed E-state index contributed by atoms with van der Waals surface area (Å²) in [7, 11) is 1.63. The van der Waals surface area contributed by atoms with Crippen molar-refractivity contribution in [2.45, 2.75) is 39.0 Å². The average Bonchev–Trinajstić information content (AvgIpc) is 2.72. The summed E-state index contributed by atoms with van der Waals surface area (Å²) in [5.74, 6) is -2.88. The van der Waals surface area contributed by atoms with E-state index in [4.69, 9.17) is 32.7 Å². The number of esters is 2. The number of aromatic nitrogens is 1. The fourth-order valence-corrected chi connectivity index (χ4v) is 3.75. The van der Waals surface area contributed by atoms with Crippen molar-refractivity contribution in [1.29, 1.82) is 0 Å². The third-order valence-corrected chi connectivity index (χ3v) is 4.95. The minimum Gasteiger partial charge on any atom is -0.465 e. The maximum atomic E-state index is 12.3. The van der Waals surface area contributed by atoms with Gasteiger partial charge < -0.3 is 14.4 Å². The van der Waals surface area contributed by atoms with E-state index in [-0.39, 0.29) is 48.2 Å². The van der Waals surface area contributed by atoms with Crippen LogP contribution in [0.25, 0.3) is 0 Å². The molecule has 2 heterocycles. The van der Waals surface area contributed by atoms with Crippen LogP contribution in [0, 0.1) is 5.92 Å². The second-order valence-electron chi connectivity index (χ2n) is 6.15. The van der Waals surface area contributed by atoms with Gasteiger partial charge in [-0.25, -0.2) is 4.98 Å². The van der Waals surface area contributed by atoms with E-state index in [0.29, 0.717) is 17.7 Å². The Bertz CT molecular complexity index is 723. The number of hydrogen-bond acceptors (Lipinski definition) is 6. The molecule has 1 aromatic heterocycles. The number of nitrogens with zero attached hydrogens (tertiary/aromatic N) is 2. The van der Waals surface area contributed by atoms with Gasteiger partial charge in [-0.15, -0.1) is 0 Å². The number of anilines is 1. The van der Waals surface area contributed by atoms with Crippen molar-refractivity contribution in [3.63, 3.8) is 0 Å². The van der Waals surface area contributed by atoms with Crippen LogP contribution in [0.3, 0.4) is 0 Å². The van der Waals surface area contributed by atoms with Gasteiger partial charge in [-0.1, -0.05) is 23.2 Å². The SMILES string of the molecule is CCOC(=O)C(CC1CCC(=O)N(C)c2cc(Cl)nc(Cl)c21)C(=O)OCC. The maximum Gasteiger partial charge on any atom is 0.320 e. The molecule has 1 amide bonds. The standard InChI is InChI=1S/C18H22Cl2N2O5/c1-4-26-17(24)11(18(25)27-5-2)8-10-6-7-14(23)22(3)12-9-13(19)21-16(20)15(10)12/h9-11H,4-8H2,1-3H3. The van der Waals surface area contributed by atoms with Crippen molar-refractivity contribution in [3.05, 3.63) is 21.9 Å². The van der Waals surface area contributed by atoms with Gasteiger partial charge in [0.25, 0.3) is 0 Å².